The number of nitrogens with one attached hydrogen (secondary N) is 2. The largest absolute Gasteiger partial charge is 0.454 e. The Hall–Kier alpha value is -1.22. The maximum Gasteiger partial charge on any atom is 0.231 e. The summed E-state index contributed by atoms with van der Waals surface area (Å²) in [7, 11) is 1.81. The molecule has 0 bridgehead atoms. The highest BCUT2D eigenvalue weighted by atomic mass is 127. The molecule has 2 N–H and O–H groups in total. The van der Waals surface area contributed by atoms with Crippen LogP contribution in [0.5, 0.6) is 11.5 Å². The molecule has 1 aromatic carbocycles. The zero-order valence-electron chi connectivity index (χ0n) is 16.0. The molecular formula is C19H31IN4O2. The lowest BCUT2D eigenvalue weighted by Gasteiger charge is -2.35. The number of piperidine rings is 1. The third-order valence-electron chi connectivity index (χ3n) is 5.00. The molecule has 0 aromatic heterocycles. The summed E-state index contributed by atoms with van der Waals surface area (Å²) in [6.45, 7) is 8.94. The average molecular weight is 474 g/mol. The molecule has 0 radical (unpaired) electrons. The Morgan fingerprint density at radius 3 is 2.88 bits per heavy atom. The summed E-state index contributed by atoms with van der Waals surface area (Å²) in [6.07, 6.45) is 2.66. The minimum Gasteiger partial charge on any atom is -0.454 e. The van der Waals surface area contributed by atoms with Crippen molar-refractivity contribution in [3.8, 4) is 11.5 Å². The fourth-order valence-corrected chi connectivity index (χ4v) is 3.46. The maximum atomic E-state index is 5.43. The van der Waals surface area contributed by atoms with Crippen molar-refractivity contribution in [3.63, 3.8) is 0 Å². The Morgan fingerprint density at radius 2 is 2.12 bits per heavy atom. The number of ether oxygens (including phenoxy) is 2. The molecule has 0 amide bonds. The van der Waals surface area contributed by atoms with Crippen LogP contribution in [0.15, 0.2) is 23.2 Å². The van der Waals surface area contributed by atoms with Gasteiger partial charge in [-0.1, -0.05) is 13.0 Å². The molecule has 0 aliphatic carbocycles. The molecule has 7 heteroatoms. The van der Waals surface area contributed by atoms with Crippen LogP contribution in [0.25, 0.3) is 0 Å². The van der Waals surface area contributed by atoms with Crippen molar-refractivity contribution in [1.29, 1.82) is 0 Å². The molecule has 2 aliphatic rings. The number of benzene rings is 1. The predicted molar refractivity (Wildman–Crippen MR) is 116 cm³/mol. The van der Waals surface area contributed by atoms with Gasteiger partial charge in [0.15, 0.2) is 17.5 Å². The number of nitrogens with zero attached hydrogens (tertiary/aromatic N) is 2. The number of aliphatic imine (C=N–C) groups is 1. The first kappa shape index (κ1) is 21.1. The minimum atomic E-state index is 0. The molecule has 2 heterocycles. The quantitative estimate of drug-likeness (QED) is 0.391. The molecule has 3 rings (SSSR count). The number of fused-ring (bicyclic) bond motifs is 1. The first-order valence-corrected chi connectivity index (χ1v) is 9.23. The molecule has 0 saturated carbocycles. The van der Waals surface area contributed by atoms with Gasteiger partial charge in [0.2, 0.25) is 6.79 Å². The molecule has 2 aliphatic heterocycles. The smallest absolute Gasteiger partial charge is 0.231 e. The molecule has 6 nitrogen and oxygen atoms in total. The lowest BCUT2D eigenvalue weighted by atomic mass is 9.99. The SMILES string of the molecule is CN=C(NCc1ccc2c(c1)OCO2)NCC(C)N1CCCC(C)C1.I. The van der Waals surface area contributed by atoms with Crippen molar-refractivity contribution < 1.29 is 9.47 Å². The van der Waals surface area contributed by atoms with E-state index in [0.717, 1.165) is 35.5 Å². The third kappa shape index (κ3) is 5.64. The van der Waals surface area contributed by atoms with Gasteiger partial charge in [0.05, 0.1) is 0 Å². The third-order valence-corrected chi connectivity index (χ3v) is 5.00. The van der Waals surface area contributed by atoms with E-state index in [1.807, 2.05) is 25.2 Å². The number of hydrogen-bond acceptors (Lipinski definition) is 4. The van der Waals surface area contributed by atoms with Crippen LogP contribution in [-0.4, -0.2) is 50.4 Å². The van der Waals surface area contributed by atoms with Gasteiger partial charge in [-0.3, -0.25) is 9.89 Å². The van der Waals surface area contributed by atoms with Crippen LogP contribution in [-0.2, 0) is 6.54 Å². The van der Waals surface area contributed by atoms with Crippen LogP contribution < -0.4 is 20.1 Å². The number of guanidine groups is 1. The van der Waals surface area contributed by atoms with E-state index in [1.54, 1.807) is 0 Å². The van der Waals surface area contributed by atoms with Crippen molar-refractivity contribution in [2.75, 3.05) is 33.5 Å². The second kappa shape index (κ2) is 10.2. The Balaban J connectivity index is 0.00000243. The Bertz CT molecular complexity index is 611. The van der Waals surface area contributed by atoms with Gasteiger partial charge in [0.25, 0.3) is 0 Å². The summed E-state index contributed by atoms with van der Waals surface area (Å²) in [6, 6.07) is 6.52. The number of rotatable bonds is 5. The lowest BCUT2D eigenvalue weighted by Crippen LogP contribution is -2.48. The molecule has 26 heavy (non-hydrogen) atoms. The summed E-state index contributed by atoms with van der Waals surface area (Å²) in [5, 5.41) is 6.81. The van der Waals surface area contributed by atoms with E-state index >= 15 is 0 Å². The highest BCUT2D eigenvalue weighted by Gasteiger charge is 2.21. The Morgan fingerprint density at radius 1 is 1.31 bits per heavy atom. The van der Waals surface area contributed by atoms with E-state index in [4.69, 9.17) is 9.47 Å². The standard InChI is InChI=1S/C19H30N4O2.HI/c1-14-5-4-8-23(12-14)15(2)10-21-19(20-3)22-11-16-6-7-17-18(9-16)25-13-24-17;/h6-7,9,14-15H,4-5,8,10-13H2,1-3H3,(H2,20,21,22);1H. The highest BCUT2D eigenvalue weighted by molar-refractivity contribution is 14.0. The van der Waals surface area contributed by atoms with Gasteiger partial charge in [-0.05, 0) is 49.9 Å². The fourth-order valence-electron chi connectivity index (χ4n) is 3.46. The zero-order chi connectivity index (χ0) is 17.6. The van der Waals surface area contributed by atoms with E-state index < -0.39 is 0 Å². The van der Waals surface area contributed by atoms with Gasteiger partial charge < -0.3 is 20.1 Å². The van der Waals surface area contributed by atoms with Gasteiger partial charge in [-0.2, -0.15) is 0 Å². The van der Waals surface area contributed by atoms with Crippen molar-refractivity contribution in [2.24, 2.45) is 10.9 Å². The first-order chi connectivity index (χ1) is 12.2. The summed E-state index contributed by atoms with van der Waals surface area (Å²) in [5.74, 6) is 3.26. The van der Waals surface area contributed by atoms with Gasteiger partial charge in [-0.15, -0.1) is 24.0 Å². The second-order valence-corrected chi connectivity index (χ2v) is 7.09. The summed E-state index contributed by atoms with van der Waals surface area (Å²) < 4.78 is 10.8. The van der Waals surface area contributed by atoms with Crippen LogP contribution in [0.4, 0.5) is 0 Å². The molecule has 0 spiro atoms. The maximum absolute atomic E-state index is 5.43. The number of hydrogen-bond donors (Lipinski definition) is 2. The van der Waals surface area contributed by atoms with Gasteiger partial charge in [0.1, 0.15) is 0 Å². The van der Waals surface area contributed by atoms with Crippen LogP contribution in [0, 0.1) is 5.92 Å². The summed E-state index contributed by atoms with van der Waals surface area (Å²) in [5.41, 5.74) is 1.14. The number of likely N-dealkylation sites (tertiary alicyclic amines) is 1. The Labute approximate surface area is 173 Å². The van der Waals surface area contributed by atoms with Crippen LogP contribution >= 0.6 is 24.0 Å². The Kier molecular flexibility index (Phi) is 8.27. The van der Waals surface area contributed by atoms with E-state index in [0.29, 0.717) is 19.4 Å². The van der Waals surface area contributed by atoms with Gasteiger partial charge in [0, 0.05) is 32.7 Å². The molecule has 2 unspecified atom stereocenters. The van der Waals surface area contributed by atoms with E-state index in [-0.39, 0.29) is 24.0 Å². The van der Waals surface area contributed by atoms with Crippen LogP contribution in [0.2, 0.25) is 0 Å². The van der Waals surface area contributed by atoms with Crippen molar-refractivity contribution in [2.45, 2.75) is 39.3 Å². The molecule has 1 aromatic rings. The topological polar surface area (TPSA) is 58.1 Å². The minimum absolute atomic E-state index is 0. The monoisotopic (exact) mass is 474 g/mol. The molecule has 1 fully saturated rings. The van der Waals surface area contributed by atoms with Crippen molar-refractivity contribution in [3.05, 3.63) is 23.8 Å². The fraction of sp³-hybridized carbons (Fsp3) is 0.632. The average Bonchev–Trinajstić information content (AvgIpc) is 3.09. The molecule has 1 saturated heterocycles. The van der Waals surface area contributed by atoms with E-state index in [9.17, 15) is 0 Å². The first-order valence-electron chi connectivity index (χ1n) is 9.23. The van der Waals surface area contributed by atoms with Gasteiger partial charge >= 0.3 is 0 Å². The molecular weight excluding hydrogens is 443 g/mol. The van der Waals surface area contributed by atoms with Crippen LogP contribution in [0.1, 0.15) is 32.3 Å². The highest BCUT2D eigenvalue weighted by Crippen LogP contribution is 2.32. The van der Waals surface area contributed by atoms with Gasteiger partial charge in [-0.25, -0.2) is 0 Å². The summed E-state index contributed by atoms with van der Waals surface area (Å²) >= 11 is 0. The lowest BCUT2D eigenvalue weighted by molar-refractivity contribution is 0.139. The second-order valence-electron chi connectivity index (χ2n) is 7.09. The number of halogens is 1. The van der Waals surface area contributed by atoms with E-state index in [2.05, 4.69) is 34.4 Å². The van der Waals surface area contributed by atoms with E-state index in [1.165, 1.54) is 25.9 Å². The predicted octanol–water partition coefficient (Wildman–Crippen LogP) is 2.82. The zero-order valence-corrected chi connectivity index (χ0v) is 18.3. The normalized spacial score (nSPS) is 21.0. The molecule has 146 valence electrons. The molecule has 2 atom stereocenters. The van der Waals surface area contributed by atoms with Crippen LogP contribution in [0.3, 0.4) is 0 Å². The van der Waals surface area contributed by atoms with Crippen molar-refractivity contribution in [1.82, 2.24) is 15.5 Å². The van der Waals surface area contributed by atoms with Crippen molar-refractivity contribution >= 4 is 29.9 Å². The summed E-state index contributed by atoms with van der Waals surface area (Å²) in [4.78, 5) is 6.90.